The zero-order valence-electron chi connectivity index (χ0n) is 23.0. The molecule has 0 aliphatic rings. The van der Waals surface area contributed by atoms with E-state index in [1.807, 2.05) is 75.4 Å². The van der Waals surface area contributed by atoms with Crippen molar-refractivity contribution in [2.24, 2.45) is 0 Å². The largest absolute Gasteiger partial charge is 0.350 e. The number of benzene rings is 3. The van der Waals surface area contributed by atoms with Crippen molar-refractivity contribution in [2.75, 3.05) is 17.1 Å². The maximum Gasteiger partial charge on any atom is 0.244 e. The molecule has 3 rings (SSSR count). The van der Waals surface area contributed by atoms with Gasteiger partial charge in [-0.2, -0.15) is 0 Å². The number of halogens is 4. The maximum absolute atomic E-state index is 14.1. The number of carbonyl (C=O) groups is 2. The number of nitrogens with one attached hydrogen (secondary N) is 1. The Labute approximate surface area is 264 Å². The van der Waals surface area contributed by atoms with E-state index in [1.165, 1.54) is 17.0 Å². The van der Waals surface area contributed by atoms with E-state index >= 15 is 0 Å². The second-order valence-electron chi connectivity index (χ2n) is 10.6. The second-order valence-corrected chi connectivity index (χ2v) is 14.6. The van der Waals surface area contributed by atoms with Crippen molar-refractivity contribution in [3.05, 3.63) is 97.4 Å². The third-order valence-corrected chi connectivity index (χ3v) is 8.65. The van der Waals surface area contributed by atoms with Crippen molar-refractivity contribution in [2.45, 2.75) is 45.3 Å². The van der Waals surface area contributed by atoms with Gasteiger partial charge in [0, 0.05) is 23.0 Å². The van der Waals surface area contributed by atoms with Crippen LogP contribution in [0, 0.1) is 0 Å². The van der Waals surface area contributed by atoms with Crippen LogP contribution in [0.4, 0.5) is 5.69 Å². The van der Waals surface area contributed by atoms with Gasteiger partial charge in [0.1, 0.15) is 12.6 Å². The van der Waals surface area contributed by atoms with Crippen molar-refractivity contribution < 1.29 is 18.0 Å². The number of hydrogen-bond acceptors (Lipinski definition) is 4. The van der Waals surface area contributed by atoms with Crippen molar-refractivity contribution in [3.8, 4) is 0 Å². The summed E-state index contributed by atoms with van der Waals surface area (Å²) in [4.78, 5) is 29.3. The quantitative estimate of drug-likeness (QED) is 0.238. The minimum absolute atomic E-state index is 0.000684. The molecule has 3 aromatic carbocycles. The second kappa shape index (κ2) is 13.8. The molecular formula is C29H31BrCl3N3O4S. The lowest BCUT2D eigenvalue weighted by atomic mass is 10.0. The number of hydrogen-bond donors (Lipinski definition) is 1. The summed E-state index contributed by atoms with van der Waals surface area (Å²) in [6.07, 6.45) is 1.17. The summed E-state index contributed by atoms with van der Waals surface area (Å²) in [6, 6.07) is 18.3. The van der Waals surface area contributed by atoms with E-state index in [2.05, 4.69) is 21.2 Å². The molecule has 0 aromatic heterocycles. The highest BCUT2D eigenvalue weighted by atomic mass is 79.9. The first kappa shape index (κ1) is 33.2. The number of carbonyl (C=O) groups excluding carboxylic acids is 2. The van der Waals surface area contributed by atoms with Crippen LogP contribution >= 0.6 is 50.7 Å². The molecule has 2 amide bonds. The lowest BCUT2D eigenvalue weighted by Gasteiger charge is -2.35. The van der Waals surface area contributed by atoms with Gasteiger partial charge in [0.05, 0.1) is 27.0 Å². The highest BCUT2D eigenvalue weighted by molar-refractivity contribution is 9.10. The Morgan fingerprint density at radius 3 is 2.05 bits per heavy atom. The van der Waals surface area contributed by atoms with Gasteiger partial charge in [-0.1, -0.05) is 93.2 Å². The topological polar surface area (TPSA) is 86.8 Å². The van der Waals surface area contributed by atoms with E-state index in [1.54, 1.807) is 0 Å². The Morgan fingerprint density at radius 2 is 1.49 bits per heavy atom. The van der Waals surface area contributed by atoms with Crippen LogP contribution in [-0.4, -0.2) is 49.5 Å². The zero-order valence-corrected chi connectivity index (χ0v) is 27.7. The molecule has 1 atom stereocenters. The molecule has 0 radical (unpaired) electrons. The van der Waals surface area contributed by atoms with Crippen LogP contribution in [0.25, 0.3) is 0 Å². The Hall–Kier alpha value is -2.30. The third-order valence-electron chi connectivity index (χ3n) is 5.97. The Kier molecular flexibility index (Phi) is 11.2. The van der Waals surface area contributed by atoms with Crippen molar-refractivity contribution in [1.82, 2.24) is 10.2 Å². The summed E-state index contributed by atoms with van der Waals surface area (Å²) in [5.41, 5.74) is 1.01. The number of sulfonamides is 1. The summed E-state index contributed by atoms with van der Waals surface area (Å²) < 4.78 is 27.6. The normalized spacial score (nSPS) is 12.5. The molecule has 0 saturated carbocycles. The van der Waals surface area contributed by atoms with Crippen LogP contribution in [0.2, 0.25) is 15.1 Å². The average molecular weight is 704 g/mol. The molecule has 0 aliphatic heterocycles. The van der Waals surface area contributed by atoms with Crippen molar-refractivity contribution in [1.29, 1.82) is 0 Å². The van der Waals surface area contributed by atoms with E-state index in [4.69, 9.17) is 34.8 Å². The predicted octanol–water partition coefficient (Wildman–Crippen LogP) is 6.73. The summed E-state index contributed by atoms with van der Waals surface area (Å²) in [5.74, 6) is -0.976. The first-order chi connectivity index (χ1) is 19.0. The van der Waals surface area contributed by atoms with E-state index < -0.39 is 34.1 Å². The zero-order chi connectivity index (χ0) is 30.5. The summed E-state index contributed by atoms with van der Waals surface area (Å²) in [6.45, 7) is 4.98. The average Bonchev–Trinajstić information content (AvgIpc) is 2.87. The highest BCUT2D eigenvalue weighted by Crippen LogP contribution is 2.35. The molecule has 0 fully saturated rings. The molecule has 0 heterocycles. The van der Waals surface area contributed by atoms with Gasteiger partial charge in [0.2, 0.25) is 21.8 Å². The monoisotopic (exact) mass is 701 g/mol. The van der Waals surface area contributed by atoms with Gasteiger partial charge in [0.25, 0.3) is 0 Å². The highest BCUT2D eigenvalue weighted by Gasteiger charge is 2.34. The van der Waals surface area contributed by atoms with Gasteiger partial charge in [-0.3, -0.25) is 13.9 Å². The molecule has 1 N–H and O–H groups in total. The summed E-state index contributed by atoms with van der Waals surface area (Å²) >= 11 is 22.0. The van der Waals surface area contributed by atoms with Crippen LogP contribution in [0.3, 0.4) is 0 Å². The van der Waals surface area contributed by atoms with Gasteiger partial charge >= 0.3 is 0 Å². The Morgan fingerprint density at radius 1 is 0.902 bits per heavy atom. The SMILES string of the molecule is CC(C)(C)NC(=O)[C@@H](Cc1ccccc1)N(Cc1ccc(Br)cc1)C(=O)CN(c1cc(Cl)c(Cl)cc1Cl)S(C)(=O)=O. The molecule has 3 aromatic rings. The van der Waals surface area contributed by atoms with Crippen LogP contribution in [0.15, 0.2) is 71.2 Å². The third kappa shape index (κ3) is 9.61. The van der Waals surface area contributed by atoms with Crippen molar-refractivity contribution in [3.63, 3.8) is 0 Å². The van der Waals surface area contributed by atoms with Gasteiger partial charge in [-0.25, -0.2) is 8.42 Å². The molecule has 7 nitrogen and oxygen atoms in total. The molecule has 0 unspecified atom stereocenters. The number of anilines is 1. The molecule has 0 aliphatic carbocycles. The standard InChI is InChI=1S/C29H31BrCl3N3O4S/c1-29(2,3)34-28(38)26(14-19-8-6-5-7-9-19)35(17-20-10-12-21(30)13-11-20)27(37)18-36(41(4,39)40)25-16-23(32)22(31)15-24(25)33/h5-13,15-16,26H,14,17-18H2,1-4H3,(H,34,38)/t26-/m1/s1. The van der Waals surface area contributed by atoms with Crippen LogP contribution in [0.5, 0.6) is 0 Å². The predicted molar refractivity (Wildman–Crippen MR) is 170 cm³/mol. The first-order valence-electron chi connectivity index (χ1n) is 12.6. The molecule has 0 bridgehead atoms. The van der Waals surface area contributed by atoms with Gasteiger partial charge < -0.3 is 10.2 Å². The van der Waals surface area contributed by atoms with E-state index in [9.17, 15) is 18.0 Å². The van der Waals surface area contributed by atoms with E-state index in [-0.39, 0.29) is 39.6 Å². The fourth-order valence-corrected chi connectivity index (χ4v) is 5.90. The molecule has 12 heteroatoms. The Bertz CT molecular complexity index is 1500. The fourth-order valence-electron chi connectivity index (χ4n) is 4.09. The lowest BCUT2D eigenvalue weighted by Crippen LogP contribution is -2.56. The molecular weight excluding hydrogens is 673 g/mol. The minimum atomic E-state index is -4.02. The summed E-state index contributed by atoms with van der Waals surface area (Å²) in [7, 11) is -4.02. The molecule has 0 saturated heterocycles. The molecule has 220 valence electrons. The fraction of sp³-hybridized carbons (Fsp3) is 0.310. The number of amides is 2. The lowest BCUT2D eigenvalue weighted by molar-refractivity contribution is -0.140. The van der Waals surface area contributed by atoms with Gasteiger partial charge in [-0.05, 0) is 56.2 Å². The molecule has 0 spiro atoms. The maximum atomic E-state index is 14.1. The number of rotatable bonds is 10. The van der Waals surface area contributed by atoms with Gasteiger partial charge in [0.15, 0.2) is 0 Å². The minimum Gasteiger partial charge on any atom is -0.350 e. The summed E-state index contributed by atoms with van der Waals surface area (Å²) in [5, 5.41) is 3.20. The number of nitrogens with zero attached hydrogens (tertiary/aromatic N) is 2. The van der Waals surface area contributed by atoms with Crippen molar-refractivity contribution >= 4 is 78.3 Å². The van der Waals surface area contributed by atoms with E-state index in [0.29, 0.717) is 0 Å². The smallest absolute Gasteiger partial charge is 0.244 e. The van der Waals surface area contributed by atoms with E-state index in [0.717, 1.165) is 26.2 Å². The molecule has 41 heavy (non-hydrogen) atoms. The first-order valence-corrected chi connectivity index (χ1v) is 16.3. The van der Waals surface area contributed by atoms with Crippen LogP contribution in [0.1, 0.15) is 31.9 Å². The van der Waals surface area contributed by atoms with Gasteiger partial charge in [-0.15, -0.1) is 0 Å². The Balaban J connectivity index is 2.11. The van der Waals surface area contributed by atoms with Crippen LogP contribution in [-0.2, 0) is 32.6 Å². The van der Waals surface area contributed by atoms with Crippen LogP contribution < -0.4 is 9.62 Å².